The second-order valence-corrected chi connectivity index (χ2v) is 3.87. The molecule has 0 aliphatic heterocycles. The molecule has 0 nitrogen and oxygen atoms in total. The average molecular weight is 226 g/mol. The molecule has 0 aromatic heterocycles. The van der Waals surface area contributed by atoms with E-state index in [4.69, 9.17) is 0 Å². The van der Waals surface area contributed by atoms with Crippen LogP contribution in [0.5, 0.6) is 0 Å². The molecule has 0 N–H and O–H groups in total. The molecule has 2 rings (SSSR count). The predicted molar refractivity (Wildman–Crippen MR) is 70.3 cm³/mol. The van der Waals surface area contributed by atoms with Gasteiger partial charge in [-0.25, -0.2) is 4.39 Å². The maximum absolute atomic E-state index is 14.0. The summed E-state index contributed by atoms with van der Waals surface area (Å²) < 4.78 is 14.0. The molecular weight excluding hydrogens is 211 g/mol. The van der Waals surface area contributed by atoms with Crippen LogP contribution in [0, 0.1) is 0 Å². The molecule has 0 atom stereocenters. The van der Waals surface area contributed by atoms with Crippen molar-refractivity contribution in [3.63, 3.8) is 0 Å². The molecule has 0 unspecified atom stereocenters. The van der Waals surface area contributed by atoms with E-state index in [1.807, 2.05) is 67.6 Å². The highest BCUT2D eigenvalue weighted by atomic mass is 19.1. The van der Waals surface area contributed by atoms with E-state index in [2.05, 4.69) is 0 Å². The SMILES string of the molecule is CCC(F)=C(c1ccccc1)c1ccccc1. The van der Waals surface area contributed by atoms with Gasteiger partial charge in [0.05, 0.1) is 0 Å². The topological polar surface area (TPSA) is 0 Å². The van der Waals surface area contributed by atoms with E-state index in [1.165, 1.54) is 0 Å². The summed E-state index contributed by atoms with van der Waals surface area (Å²) in [6.07, 6.45) is 0.416. The van der Waals surface area contributed by atoms with E-state index in [0.29, 0.717) is 12.0 Å². The lowest BCUT2D eigenvalue weighted by Gasteiger charge is -2.09. The van der Waals surface area contributed by atoms with Gasteiger partial charge in [0.1, 0.15) is 5.83 Å². The Morgan fingerprint density at radius 1 is 0.824 bits per heavy atom. The third kappa shape index (κ3) is 2.62. The molecular formula is C16H15F. The summed E-state index contributed by atoms with van der Waals surface area (Å²) in [4.78, 5) is 0. The first-order valence-electron chi connectivity index (χ1n) is 5.82. The Hall–Kier alpha value is -1.89. The van der Waals surface area contributed by atoms with Crippen LogP contribution in [0.1, 0.15) is 24.5 Å². The molecule has 86 valence electrons. The smallest absolute Gasteiger partial charge is 0.108 e. The van der Waals surface area contributed by atoms with Crippen molar-refractivity contribution >= 4 is 5.57 Å². The Kier molecular flexibility index (Phi) is 3.71. The van der Waals surface area contributed by atoms with Gasteiger partial charge in [0, 0.05) is 5.57 Å². The van der Waals surface area contributed by atoms with Gasteiger partial charge in [-0.05, 0) is 17.5 Å². The largest absolute Gasteiger partial charge is 0.211 e. The molecule has 0 amide bonds. The zero-order chi connectivity index (χ0) is 12.1. The standard InChI is InChI=1S/C16H15F/c1-2-15(17)16(13-9-5-3-6-10-13)14-11-7-4-8-12-14/h3-12H,2H2,1H3. The van der Waals surface area contributed by atoms with Crippen molar-refractivity contribution in [3.05, 3.63) is 77.6 Å². The first-order chi connectivity index (χ1) is 8.33. The molecule has 0 bridgehead atoms. The van der Waals surface area contributed by atoms with Gasteiger partial charge < -0.3 is 0 Å². The van der Waals surface area contributed by atoms with Crippen molar-refractivity contribution in [3.8, 4) is 0 Å². The molecule has 0 aliphatic rings. The Morgan fingerprint density at radius 3 is 1.59 bits per heavy atom. The first-order valence-corrected chi connectivity index (χ1v) is 5.82. The fraction of sp³-hybridized carbons (Fsp3) is 0.125. The van der Waals surface area contributed by atoms with Gasteiger partial charge in [0.2, 0.25) is 0 Å². The zero-order valence-electron chi connectivity index (χ0n) is 9.86. The zero-order valence-corrected chi connectivity index (χ0v) is 9.86. The summed E-state index contributed by atoms with van der Waals surface area (Å²) in [6.45, 7) is 1.83. The molecule has 0 saturated heterocycles. The minimum atomic E-state index is -0.0672. The van der Waals surface area contributed by atoms with Crippen LogP contribution in [0.25, 0.3) is 5.57 Å². The van der Waals surface area contributed by atoms with Gasteiger partial charge in [-0.3, -0.25) is 0 Å². The number of rotatable bonds is 3. The van der Waals surface area contributed by atoms with E-state index in [-0.39, 0.29) is 5.83 Å². The fourth-order valence-corrected chi connectivity index (χ4v) is 1.87. The lowest BCUT2D eigenvalue weighted by molar-refractivity contribution is 0.608. The number of benzene rings is 2. The molecule has 2 aromatic carbocycles. The van der Waals surface area contributed by atoms with Crippen LogP contribution in [0.4, 0.5) is 4.39 Å². The monoisotopic (exact) mass is 226 g/mol. The van der Waals surface area contributed by atoms with E-state index >= 15 is 0 Å². The highest BCUT2D eigenvalue weighted by Gasteiger charge is 2.09. The predicted octanol–water partition coefficient (Wildman–Crippen LogP) is 4.83. The molecule has 0 fully saturated rings. The molecule has 0 spiro atoms. The maximum atomic E-state index is 14.0. The van der Waals surface area contributed by atoms with E-state index in [9.17, 15) is 4.39 Å². The van der Waals surface area contributed by atoms with Crippen LogP contribution in [0.3, 0.4) is 0 Å². The summed E-state index contributed by atoms with van der Waals surface area (Å²) in [7, 11) is 0. The number of hydrogen-bond donors (Lipinski definition) is 0. The van der Waals surface area contributed by atoms with Crippen molar-refractivity contribution in [1.82, 2.24) is 0 Å². The van der Waals surface area contributed by atoms with Gasteiger partial charge in [-0.2, -0.15) is 0 Å². The van der Waals surface area contributed by atoms with Crippen molar-refractivity contribution < 1.29 is 4.39 Å². The van der Waals surface area contributed by atoms with Crippen LogP contribution in [-0.4, -0.2) is 0 Å². The van der Waals surface area contributed by atoms with Gasteiger partial charge in [-0.15, -0.1) is 0 Å². The van der Waals surface area contributed by atoms with Gasteiger partial charge in [0.15, 0.2) is 0 Å². The van der Waals surface area contributed by atoms with Crippen molar-refractivity contribution in [2.75, 3.05) is 0 Å². The summed E-state index contributed by atoms with van der Waals surface area (Å²) in [5.74, 6) is -0.0672. The average Bonchev–Trinajstić information content (AvgIpc) is 2.41. The van der Waals surface area contributed by atoms with E-state index in [0.717, 1.165) is 11.1 Å². The number of allylic oxidation sites excluding steroid dienone is 1. The van der Waals surface area contributed by atoms with Gasteiger partial charge in [-0.1, -0.05) is 67.6 Å². The Morgan fingerprint density at radius 2 is 1.24 bits per heavy atom. The van der Waals surface area contributed by atoms with Crippen LogP contribution in [-0.2, 0) is 0 Å². The Labute approximate surface area is 101 Å². The lowest BCUT2D eigenvalue weighted by atomic mass is 9.96. The van der Waals surface area contributed by atoms with Crippen molar-refractivity contribution in [1.29, 1.82) is 0 Å². The Balaban J connectivity index is 2.56. The lowest BCUT2D eigenvalue weighted by Crippen LogP contribution is -1.90. The molecule has 0 heterocycles. The van der Waals surface area contributed by atoms with E-state index in [1.54, 1.807) is 0 Å². The molecule has 0 radical (unpaired) electrons. The highest BCUT2D eigenvalue weighted by Crippen LogP contribution is 2.28. The third-order valence-corrected chi connectivity index (χ3v) is 2.71. The molecule has 2 aromatic rings. The number of halogens is 1. The fourth-order valence-electron chi connectivity index (χ4n) is 1.87. The highest BCUT2D eigenvalue weighted by molar-refractivity contribution is 5.81. The quantitative estimate of drug-likeness (QED) is 0.703. The normalized spacial score (nSPS) is 10.0. The summed E-state index contributed by atoms with van der Waals surface area (Å²) in [5, 5.41) is 0. The van der Waals surface area contributed by atoms with Gasteiger partial charge in [0.25, 0.3) is 0 Å². The maximum Gasteiger partial charge on any atom is 0.108 e. The summed E-state index contributed by atoms with van der Waals surface area (Å²) in [6, 6.07) is 19.4. The first kappa shape index (κ1) is 11.6. The third-order valence-electron chi connectivity index (χ3n) is 2.71. The number of hydrogen-bond acceptors (Lipinski definition) is 0. The molecule has 1 heteroatoms. The van der Waals surface area contributed by atoms with Gasteiger partial charge >= 0.3 is 0 Å². The summed E-state index contributed by atoms with van der Waals surface area (Å²) >= 11 is 0. The second-order valence-electron chi connectivity index (χ2n) is 3.87. The van der Waals surface area contributed by atoms with Crippen LogP contribution >= 0.6 is 0 Å². The second kappa shape index (κ2) is 5.44. The van der Waals surface area contributed by atoms with Crippen LogP contribution < -0.4 is 0 Å². The van der Waals surface area contributed by atoms with E-state index < -0.39 is 0 Å². The van der Waals surface area contributed by atoms with Crippen molar-refractivity contribution in [2.45, 2.75) is 13.3 Å². The minimum absolute atomic E-state index is 0.0672. The minimum Gasteiger partial charge on any atom is -0.211 e. The molecule has 0 saturated carbocycles. The Bertz CT molecular complexity index is 456. The van der Waals surface area contributed by atoms with Crippen molar-refractivity contribution in [2.24, 2.45) is 0 Å². The van der Waals surface area contributed by atoms with Crippen LogP contribution in [0.2, 0.25) is 0 Å². The molecule has 0 aliphatic carbocycles. The molecule has 17 heavy (non-hydrogen) atoms. The summed E-state index contributed by atoms with van der Waals surface area (Å²) in [5.41, 5.74) is 2.56. The van der Waals surface area contributed by atoms with Crippen LogP contribution in [0.15, 0.2) is 66.5 Å².